The van der Waals surface area contributed by atoms with Gasteiger partial charge in [-0.15, -0.1) is 0 Å². The maximum absolute atomic E-state index is 11.9. The van der Waals surface area contributed by atoms with Crippen molar-refractivity contribution in [3.8, 4) is 0 Å². The van der Waals surface area contributed by atoms with E-state index >= 15 is 0 Å². The molecule has 0 aliphatic carbocycles. The van der Waals surface area contributed by atoms with Crippen LogP contribution in [-0.4, -0.2) is 47.0 Å². The van der Waals surface area contributed by atoms with Gasteiger partial charge >= 0.3 is 6.03 Å². The van der Waals surface area contributed by atoms with Crippen molar-refractivity contribution in [2.24, 2.45) is 0 Å². The third-order valence-corrected chi connectivity index (χ3v) is 5.99. The fourth-order valence-electron chi connectivity index (χ4n) is 3.40. The predicted octanol–water partition coefficient (Wildman–Crippen LogP) is 3.59. The lowest BCUT2D eigenvalue weighted by Crippen LogP contribution is -2.31. The van der Waals surface area contributed by atoms with Gasteiger partial charge < -0.3 is 30.3 Å². The number of carbonyl (C=O) groups excluding carboxylic acids is 1. The summed E-state index contributed by atoms with van der Waals surface area (Å²) in [7, 11) is 0. The maximum Gasteiger partial charge on any atom is 0.319 e. The van der Waals surface area contributed by atoms with Gasteiger partial charge in [0.05, 0.1) is 25.4 Å². The molecule has 4 N–H and O–H groups in total. The summed E-state index contributed by atoms with van der Waals surface area (Å²) in [4.78, 5) is 11.9. The molecule has 8 heteroatoms. The number of amides is 2. The van der Waals surface area contributed by atoms with E-state index in [2.05, 4.69) is 10.6 Å². The Kier molecular flexibility index (Phi) is 9.17. The zero-order valence-electron chi connectivity index (χ0n) is 17.6. The summed E-state index contributed by atoms with van der Waals surface area (Å²) in [5.41, 5.74) is 3.37. The van der Waals surface area contributed by atoms with E-state index in [9.17, 15) is 9.90 Å². The van der Waals surface area contributed by atoms with Crippen molar-refractivity contribution in [2.75, 3.05) is 30.0 Å². The monoisotopic (exact) mass is 446 g/mol. The Bertz CT molecular complexity index is 833. The van der Waals surface area contributed by atoms with E-state index in [1.165, 1.54) is 0 Å². The van der Waals surface area contributed by atoms with Crippen LogP contribution in [0.1, 0.15) is 42.4 Å². The van der Waals surface area contributed by atoms with Gasteiger partial charge in [-0.25, -0.2) is 4.79 Å². The van der Waals surface area contributed by atoms with E-state index in [1.807, 2.05) is 55.5 Å². The zero-order chi connectivity index (χ0) is 22.1. The minimum Gasteiger partial charge on any atom is -0.396 e. The highest BCUT2D eigenvalue weighted by atomic mass is 32.2. The van der Waals surface area contributed by atoms with Gasteiger partial charge in [0, 0.05) is 35.7 Å². The van der Waals surface area contributed by atoms with E-state index < -0.39 is 6.29 Å². The molecule has 0 radical (unpaired) electrons. The molecule has 0 aromatic heterocycles. The third-order valence-electron chi connectivity index (χ3n) is 4.91. The largest absolute Gasteiger partial charge is 0.396 e. The molecule has 31 heavy (non-hydrogen) atoms. The Hall–Kier alpha value is -2.10. The highest BCUT2D eigenvalue weighted by Crippen LogP contribution is 2.39. The number of hydrogen-bond acceptors (Lipinski definition) is 6. The normalized spacial score (nSPS) is 20.9. The number of benzene rings is 2. The van der Waals surface area contributed by atoms with Crippen molar-refractivity contribution in [3.63, 3.8) is 0 Å². The van der Waals surface area contributed by atoms with E-state index in [0.29, 0.717) is 24.4 Å². The summed E-state index contributed by atoms with van der Waals surface area (Å²) in [6.07, 6.45) is -0.0828. The molecule has 2 aromatic carbocycles. The Morgan fingerprint density at radius 2 is 1.94 bits per heavy atom. The van der Waals surface area contributed by atoms with Crippen LogP contribution in [0.15, 0.2) is 48.5 Å². The van der Waals surface area contributed by atoms with Gasteiger partial charge in [-0.1, -0.05) is 36.4 Å². The number of hydrogen-bond donors (Lipinski definition) is 4. The number of carbonyl (C=O) groups is 1. The average molecular weight is 447 g/mol. The Balaban J connectivity index is 1.77. The average Bonchev–Trinajstić information content (AvgIpc) is 2.79. The molecule has 3 rings (SSSR count). The molecule has 7 nitrogen and oxygen atoms in total. The highest BCUT2D eigenvalue weighted by molar-refractivity contribution is 7.99. The summed E-state index contributed by atoms with van der Waals surface area (Å²) in [6.45, 7) is 2.55. The molecule has 2 amide bonds. The third kappa shape index (κ3) is 6.95. The smallest absolute Gasteiger partial charge is 0.319 e. The fourth-order valence-corrected chi connectivity index (χ4v) is 4.17. The SMILES string of the molecule is CCNC(=O)Nc1cccc(C2O[C@H](CSCCO)C[C@H](c3ccc(CO)cc3)O2)c1. The lowest BCUT2D eigenvalue weighted by molar-refractivity contribution is -0.245. The van der Waals surface area contributed by atoms with Crippen molar-refractivity contribution in [1.29, 1.82) is 0 Å². The molecule has 168 valence electrons. The first-order chi connectivity index (χ1) is 15.1. The first kappa shape index (κ1) is 23.6. The number of thioether (sulfide) groups is 1. The van der Waals surface area contributed by atoms with Crippen molar-refractivity contribution in [3.05, 3.63) is 65.2 Å². The number of anilines is 1. The molecule has 3 atom stereocenters. The van der Waals surface area contributed by atoms with Crippen LogP contribution in [0.5, 0.6) is 0 Å². The van der Waals surface area contributed by atoms with Gasteiger partial charge in [-0.05, 0) is 30.2 Å². The van der Waals surface area contributed by atoms with Gasteiger partial charge in [0.1, 0.15) is 0 Å². The number of aliphatic hydroxyl groups excluding tert-OH is 2. The molecule has 1 heterocycles. The summed E-state index contributed by atoms with van der Waals surface area (Å²) >= 11 is 1.65. The van der Waals surface area contributed by atoms with Gasteiger partial charge in [0.2, 0.25) is 0 Å². The molecule has 1 saturated heterocycles. The number of aliphatic hydroxyl groups is 2. The Morgan fingerprint density at radius 1 is 1.13 bits per heavy atom. The molecule has 1 aliphatic heterocycles. The number of urea groups is 1. The molecular formula is C23H30N2O5S. The van der Waals surface area contributed by atoms with Crippen molar-refractivity contribution < 1.29 is 24.5 Å². The number of nitrogens with one attached hydrogen (secondary N) is 2. The van der Waals surface area contributed by atoms with Gasteiger partial charge in [-0.3, -0.25) is 0 Å². The second kappa shape index (κ2) is 12.1. The highest BCUT2D eigenvalue weighted by Gasteiger charge is 2.32. The first-order valence-corrected chi connectivity index (χ1v) is 11.6. The summed E-state index contributed by atoms with van der Waals surface area (Å²) in [5.74, 6) is 1.41. The van der Waals surface area contributed by atoms with Crippen LogP contribution in [0.3, 0.4) is 0 Å². The Morgan fingerprint density at radius 3 is 2.65 bits per heavy atom. The summed E-state index contributed by atoms with van der Waals surface area (Å²) < 4.78 is 12.5. The lowest BCUT2D eigenvalue weighted by Gasteiger charge is -2.36. The van der Waals surface area contributed by atoms with E-state index in [-0.39, 0.29) is 31.5 Å². The van der Waals surface area contributed by atoms with E-state index in [4.69, 9.17) is 14.6 Å². The van der Waals surface area contributed by atoms with Crippen LogP contribution in [0.2, 0.25) is 0 Å². The number of rotatable bonds is 9. The fraction of sp³-hybridized carbons (Fsp3) is 0.435. The molecule has 0 spiro atoms. The molecular weight excluding hydrogens is 416 g/mol. The van der Waals surface area contributed by atoms with Gasteiger partial charge in [0.15, 0.2) is 6.29 Å². The van der Waals surface area contributed by atoms with Crippen LogP contribution < -0.4 is 10.6 Å². The topological polar surface area (TPSA) is 100 Å². The molecule has 0 saturated carbocycles. The quantitative estimate of drug-likeness (QED) is 0.439. The van der Waals surface area contributed by atoms with Gasteiger partial charge in [-0.2, -0.15) is 11.8 Å². The zero-order valence-corrected chi connectivity index (χ0v) is 18.4. The molecule has 1 unspecified atom stereocenters. The predicted molar refractivity (Wildman–Crippen MR) is 122 cm³/mol. The van der Waals surface area contributed by atoms with Crippen LogP contribution >= 0.6 is 11.8 Å². The van der Waals surface area contributed by atoms with Crippen molar-refractivity contribution in [2.45, 2.75) is 38.4 Å². The van der Waals surface area contributed by atoms with Crippen molar-refractivity contribution in [1.82, 2.24) is 5.32 Å². The lowest BCUT2D eigenvalue weighted by atomic mass is 10.0. The molecule has 2 aromatic rings. The van der Waals surface area contributed by atoms with Gasteiger partial charge in [0.25, 0.3) is 0 Å². The molecule has 1 fully saturated rings. The maximum atomic E-state index is 11.9. The minimum atomic E-state index is -0.577. The van der Waals surface area contributed by atoms with E-state index in [1.54, 1.807) is 11.8 Å². The summed E-state index contributed by atoms with van der Waals surface area (Å²) in [6, 6.07) is 14.9. The summed E-state index contributed by atoms with van der Waals surface area (Å²) in [5, 5.41) is 23.9. The second-order valence-electron chi connectivity index (χ2n) is 7.26. The van der Waals surface area contributed by atoms with Crippen LogP contribution in [-0.2, 0) is 16.1 Å². The van der Waals surface area contributed by atoms with Crippen molar-refractivity contribution >= 4 is 23.5 Å². The minimum absolute atomic E-state index is 0.00334. The second-order valence-corrected chi connectivity index (χ2v) is 8.41. The van der Waals surface area contributed by atoms with E-state index in [0.717, 1.165) is 22.4 Å². The Labute approximate surface area is 187 Å². The van der Waals surface area contributed by atoms with Crippen LogP contribution in [0.4, 0.5) is 10.5 Å². The molecule has 1 aliphatic rings. The number of ether oxygens (including phenoxy) is 2. The first-order valence-electron chi connectivity index (χ1n) is 10.5. The standard InChI is InChI=1S/C23H30N2O5S/c1-2-24-23(28)25-19-5-3-4-18(12-19)22-29-20(15-31-11-10-26)13-21(30-22)17-8-6-16(14-27)7-9-17/h3-9,12,20-22,26-27H,2,10-11,13-15H2,1H3,(H2,24,25,28)/t20-,21+,22?/m0/s1. The molecule has 0 bridgehead atoms. The van der Waals surface area contributed by atoms with Crippen LogP contribution in [0.25, 0.3) is 0 Å². The van der Waals surface area contributed by atoms with Crippen LogP contribution in [0, 0.1) is 0 Å².